The van der Waals surface area contributed by atoms with Crippen molar-refractivity contribution < 1.29 is 51.4 Å². The van der Waals surface area contributed by atoms with E-state index < -0.39 is 92.3 Å². The second-order valence-electron chi connectivity index (χ2n) is 16.9. The number of hydrogen-bond acceptors (Lipinski definition) is 12. The van der Waals surface area contributed by atoms with Crippen molar-refractivity contribution in [2.45, 2.75) is 126 Å². The Labute approximate surface area is 336 Å². The topological polar surface area (TPSA) is 220 Å². The number of sulfonamides is 1. The van der Waals surface area contributed by atoms with Gasteiger partial charge in [0.1, 0.15) is 41.5 Å². The van der Waals surface area contributed by atoms with Gasteiger partial charge in [-0.15, -0.1) is 6.58 Å². The van der Waals surface area contributed by atoms with Crippen LogP contribution in [0.25, 0.3) is 10.8 Å². The third-order valence-electron chi connectivity index (χ3n) is 11.3. The summed E-state index contributed by atoms with van der Waals surface area (Å²) in [5.41, 5.74) is -1.54. The Morgan fingerprint density at radius 3 is 2.55 bits per heavy atom. The maximum Gasteiger partial charge on any atom is 0.408 e. The summed E-state index contributed by atoms with van der Waals surface area (Å²) in [7, 11) is -3.95. The molecule has 3 saturated heterocycles. The Balaban J connectivity index is 1.16. The van der Waals surface area contributed by atoms with Crippen LogP contribution >= 0.6 is 0 Å². The van der Waals surface area contributed by atoms with Crippen molar-refractivity contribution in [3.63, 3.8) is 0 Å². The molecule has 1 unspecified atom stereocenters. The van der Waals surface area contributed by atoms with E-state index in [1.807, 2.05) is 31.2 Å². The number of fused-ring (bicyclic) bond motifs is 3. The molecular formula is C40H50N6O11S. The summed E-state index contributed by atoms with van der Waals surface area (Å²) >= 11 is 0. The molecule has 7 rings (SSSR count). The number of ether oxygens (including phenoxy) is 3. The van der Waals surface area contributed by atoms with Crippen LogP contribution in [0.15, 0.2) is 43.1 Å². The van der Waals surface area contributed by atoms with Gasteiger partial charge in [-0.2, -0.15) is 0 Å². The molecule has 17 nitrogen and oxygen atoms in total. The van der Waals surface area contributed by atoms with Crippen LogP contribution in [0, 0.1) is 12.8 Å². The van der Waals surface area contributed by atoms with Crippen molar-refractivity contribution >= 4 is 56.5 Å². The highest BCUT2D eigenvalue weighted by atomic mass is 32.2. The van der Waals surface area contributed by atoms with E-state index in [0.717, 1.165) is 10.9 Å². The Kier molecular flexibility index (Phi) is 10.9. The summed E-state index contributed by atoms with van der Waals surface area (Å²) in [6.07, 6.45) is 2.40. The first-order valence-electron chi connectivity index (χ1n) is 19.7. The molecule has 5 fully saturated rings. The standard InChI is InChI=1S/C40H50N6O11S/c1-6-24-20-40(24,37(51)44-58(53,54)27-8-9-27)43-33(48)30-19-26(55-34-28-10-7-22(2)17-23(28)13-15-41-34)21-46(30)35(49)29(42-38(52)57-39(3,4)5)11-12-32(47)45-16-14-25-18-31(45)36(50)56-25/h6-7,10,13,15,17,24-27,29-31H,1,8-9,11-12,14,16,18-21H2,2-5H3,(H,42,52)(H,43,48)(H,44,51)/t24?,25-,26+,29-,30-,31+,40+/m0/s1. The number of aryl methyl sites for hydroxylation is 1. The molecule has 2 bridgehead atoms. The molecule has 312 valence electrons. The van der Waals surface area contributed by atoms with E-state index in [4.69, 9.17) is 14.2 Å². The van der Waals surface area contributed by atoms with Gasteiger partial charge in [-0.05, 0) is 70.9 Å². The highest BCUT2D eigenvalue weighted by molar-refractivity contribution is 7.91. The lowest BCUT2D eigenvalue weighted by Crippen LogP contribution is -2.58. The summed E-state index contributed by atoms with van der Waals surface area (Å²) in [4.78, 5) is 89.0. The predicted molar refractivity (Wildman–Crippen MR) is 207 cm³/mol. The average molecular weight is 823 g/mol. The van der Waals surface area contributed by atoms with Crippen LogP contribution in [0.1, 0.15) is 77.7 Å². The molecule has 18 heteroatoms. The second-order valence-corrected chi connectivity index (χ2v) is 18.9. The number of alkyl carbamates (subject to hydrolysis) is 1. The fourth-order valence-electron chi connectivity index (χ4n) is 8.04. The van der Waals surface area contributed by atoms with Gasteiger partial charge >= 0.3 is 12.1 Å². The first kappa shape index (κ1) is 40.9. The zero-order valence-electron chi connectivity index (χ0n) is 33.0. The Morgan fingerprint density at radius 2 is 1.86 bits per heavy atom. The number of hydrogen-bond donors (Lipinski definition) is 3. The van der Waals surface area contributed by atoms with Crippen LogP contribution < -0.4 is 20.1 Å². The number of rotatable bonds is 13. The smallest absolute Gasteiger partial charge is 0.408 e. The van der Waals surface area contributed by atoms with Gasteiger partial charge in [0.05, 0.1) is 11.8 Å². The van der Waals surface area contributed by atoms with Crippen molar-refractivity contribution in [1.29, 1.82) is 0 Å². The Bertz CT molecular complexity index is 2150. The molecule has 3 N–H and O–H groups in total. The first-order chi connectivity index (χ1) is 27.4. The van der Waals surface area contributed by atoms with Crippen LogP contribution in [0.3, 0.4) is 0 Å². The number of carbonyl (C=O) groups excluding carboxylic acids is 6. The number of aromatic nitrogens is 1. The summed E-state index contributed by atoms with van der Waals surface area (Å²) in [6, 6.07) is 4.21. The molecule has 2 aromatic rings. The van der Waals surface area contributed by atoms with Crippen molar-refractivity contribution in [2.75, 3.05) is 13.1 Å². The number of carbonyl (C=O) groups is 6. The third-order valence-corrected chi connectivity index (χ3v) is 13.1. The minimum Gasteiger partial charge on any atom is -0.472 e. The van der Waals surface area contributed by atoms with Crippen molar-refractivity contribution in [2.24, 2.45) is 5.92 Å². The zero-order valence-corrected chi connectivity index (χ0v) is 33.8. The van der Waals surface area contributed by atoms with E-state index in [1.54, 1.807) is 27.0 Å². The van der Waals surface area contributed by atoms with Crippen LogP contribution in [-0.2, 0) is 43.5 Å². The van der Waals surface area contributed by atoms with Gasteiger partial charge in [-0.1, -0.05) is 23.8 Å². The van der Waals surface area contributed by atoms with Gasteiger partial charge in [0, 0.05) is 49.7 Å². The molecule has 5 amide bonds. The van der Waals surface area contributed by atoms with Gasteiger partial charge in [-0.25, -0.2) is 23.0 Å². The van der Waals surface area contributed by atoms with Crippen LogP contribution in [0.2, 0.25) is 0 Å². The largest absolute Gasteiger partial charge is 0.472 e. The molecule has 1 aromatic carbocycles. The molecule has 58 heavy (non-hydrogen) atoms. The van der Waals surface area contributed by atoms with E-state index in [-0.39, 0.29) is 44.2 Å². The van der Waals surface area contributed by atoms with Crippen LogP contribution in [0.4, 0.5) is 4.79 Å². The molecule has 0 radical (unpaired) electrons. The minimum atomic E-state index is -3.95. The quantitative estimate of drug-likeness (QED) is 0.196. The molecule has 4 heterocycles. The van der Waals surface area contributed by atoms with Gasteiger partial charge < -0.3 is 34.6 Å². The van der Waals surface area contributed by atoms with E-state index in [1.165, 1.54) is 15.9 Å². The van der Waals surface area contributed by atoms with E-state index >= 15 is 0 Å². The van der Waals surface area contributed by atoms with Crippen LogP contribution in [-0.4, -0.2) is 119 Å². The van der Waals surface area contributed by atoms with Crippen molar-refractivity contribution in [3.05, 3.63) is 48.7 Å². The number of pyridine rings is 1. The number of likely N-dealkylation sites (tertiary alicyclic amines) is 2. The maximum absolute atomic E-state index is 14.7. The Morgan fingerprint density at radius 1 is 1.10 bits per heavy atom. The summed E-state index contributed by atoms with van der Waals surface area (Å²) in [6.45, 7) is 10.8. The van der Waals surface area contributed by atoms with E-state index in [0.29, 0.717) is 37.6 Å². The maximum atomic E-state index is 14.7. The summed E-state index contributed by atoms with van der Waals surface area (Å²) in [5.74, 6) is -3.56. The molecule has 0 spiro atoms. The van der Waals surface area contributed by atoms with Crippen molar-refractivity contribution in [3.8, 4) is 5.88 Å². The third kappa shape index (κ3) is 8.61. The second kappa shape index (κ2) is 15.5. The van der Waals surface area contributed by atoms with Gasteiger partial charge in [0.25, 0.3) is 5.91 Å². The van der Waals surface area contributed by atoms with E-state index in [2.05, 4.69) is 26.9 Å². The Hall–Kier alpha value is -5.26. The van der Waals surface area contributed by atoms with Gasteiger partial charge in [0.15, 0.2) is 0 Å². The summed E-state index contributed by atoms with van der Waals surface area (Å²) in [5, 5.41) is 6.24. The van der Waals surface area contributed by atoms with Gasteiger partial charge in [-0.3, -0.25) is 23.9 Å². The highest BCUT2D eigenvalue weighted by Crippen LogP contribution is 2.45. The fourth-order valence-corrected chi connectivity index (χ4v) is 9.40. The number of nitrogens with zero attached hydrogens (tertiary/aromatic N) is 3. The number of esters is 1. The van der Waals surface area contributed by atoms with E-state index in [9.17, 15) is 37.2 Å². The molecule has 7 atom stereocenters. The zero-order chi connectivity index (χ0) is 41.7. The minimum absolute atomic E-state index is 0.0604. The fraction of sp³-hybridized carbons (Fsp3) is 0.575. The lowest BCUT2D eigenvalue weighted by molar-refractivity contribution is -0.147. The highest BCUT2D eigenvalue weighted by Gasteiger charge is 2.62. The molecular weight excluding hydrogens is 773 g/mol. The molecule has 5 aliphatic rings. The molecule has 1 aromatic heterocycles. The van der Waals surface area contributed by atoms with Gasteiger partial charge in [0.2, 0.25) is 33.6 Å². The van der Waals surface area contributed by atoms with Crippen LogP contribution in [0.5, 0.6) is 5.88 Å². The monoisotopic (exact) mass is 822 g/mol. The molecule has 2 aliphatic carbocycles. The lowest BCUT2D eigenvalue weighted by atomic mass is 10.0. The SMILES string of the molecule is C=CC1C[C@]1(NC(=O)[C@@H]1C[C@@H](Oc2nccc3cc(C)ccc23)CN1C(=O)[C@H](CCC(=O)N1CC[C@H]2C[C@@H]1C(=O)O2)NC(=O)OC(C)(C)C)C(=O)NS(=O)(=O)C1CC1. The number of nitrogens with one attached hydrogen (secondary N) is 3. The first-order valence-corrected chi connectivity index (χ1v) is 21.2. The molecule has 2 saturated carbocycles. The lowest BCUT2D eigenvalue weighted by Gasteiger charge is -2.32. The number of amides is 5. The summed E-state index contributed by atoms with van der Waals surface area (Å²) < 4.78 is 44.8. The predicted octanol–water partition coefficient (Wildman–Crippen LogP) is 2.15. The molecule has 3 aliphatic heterocycles. The average Bonchev–Trinajstić information content (AvgIpc) is 4.07. The number of benzene rings is 1. The number of piperidine rings is 1. The van der Waals surface area contributed by atoms with Crippen molar-refractivity contribution in [1.82, 2.24) is 30.1 Å². The normalized spacial score (nSPS) is 27.0.